The largest absolute Gasteiger partial charge is 0.378 e. The minimum absolute atomic E-state index is 0.0101. The van der Waals surface area contributed by atoms with Gasteiger partial charge in [-0.15, -0.1) is 0 Å². The molecule has 132 valence electrons. The fraction of sp³-hybridized carbons (Fsp3) is 0.400. The van der Waals surface area contributed by atoms with Crippen molar-refractivity contribution in [1.29, 1.82) is 0 Å². The van der Waals surface area contributed by atoms with Crippen molar-refractivity contribution in [3.8, 4) is 0 Å². The van der Waals surface area contributed by atoms with E-state index in [2.05, 4.69) is 21.3 Å². The van der Waals surface area contributed by atoms with Gasteiger partial charge in [0.1, 0.15) is 5.82 Å². The lowest BCUT2D eigenvalue weighted by molar-refractivity contribution is 0.0945. The summed E-state index contributed by atoms with van der Waals surface area (Å²) in [5.41, 5.74) is 1.76. The summed E-state index contributed by atoms with van der Waals surface area (Å²) in [7, 11) is 3.96. The molecule has 1 aliphatic heterocycles. The number of hydrogen-bond donors (Lipinski definition) is 1. The number of nitrogens with zero attached hydrogens (tertiary/aromatic N) is 3. The number of benzene rings is 1. The lowest BCUT2D eigenvalue weighted by Gasteiger charge is -2.32. The highest BCUT2D eigenvalue weighted by molar-refractivity contribution is 5.95. The van der Waals surface area contributed by atoms with Crippen molar-refractivity contribution in [2.75, 3.05) is 43.5 Å². The Bertz CT molecular complexity index is 694. The van der Waals surface area contributed by atoms with Crippen LogP contribution in [0.4, 0.5) is 11.5 Å². The molecule has 0 radical (unpaired) electrons. The van der Waals surface area contributed by atoms with Gasteiger partial charge >= 0.3 is 0 Å². The molecule has 1 amide bonds. The number of amides is 1. The summed E-state index contributed by atoms with van der Waals surface area (Å²) >= 11 is 0. The first kappa shape index (κ1) is 17.3. The third kappa shape index (κ3) is 4.50. The fourth-order valence-electron chi connectivity index (χ4n) is 3.17. The number of carbonyl (C=O) groups is 1. The molecule has 0 saturated carbocycles. The Balaban J connectivity index is 1.48. The molecule has 1 aromatic carbocycles. The molecule has 1 aromatic heterocycles. The zero-order chi connectivity index (χ0) is 17.6. The van der Waals surface area contributed by atoms with E-state index in [0.29, 0.717) is 5.92 Å². The van der Waals surface area contributed by atoms with Crippen LogP contribution in [-0.2, 0) is 0 Å². The average molecular weight is 338 g/mol. The Morgan fingerprint density at radius 3 is 2.68 bits per heavy atom. The maximum Gasteiger partial charge on any atom is 0.251 e. The van der Waals surface area contributed by atoms with Crippen molar-refractivity contribution in [3.05, 3.63) is 54.2 Å². The lowest BCUT2D eigenvalue weighted by atomic mass is 9.96. The lowest BCUT2D eigenvalue weighted by Crippen LogP contribution is -2.39. The van der Waals surface area contributed by atoms with Gasteiger partial charge in [0.2, 0.25) is 0 Å². The number of hydrogen-bond acceptors (Lipinski definition) is 4. The topological polar surface area (TPSA) is 48.5 Å². The van der Waals surface area contributed by atoms with E-state index in [9.17, 15) is 4.79 Å². The number of anilines is 2. The van der Waals surface area contributed by atoms with Crippen LogP contribution < -0.4 is 15.1 Å². The van der Waals surface area contributed by atoms with Crippen LogP contribution in [0.15, 0.2) is 48.7 Å². The molecule has 1 saturated heterocycles. The molecule has 0 aliphatic carbocycles. The van der Waals surface area contributed by atoms with E-state index in [4.69, 9.17) is 0 Å². The molecule has 2 aromatic rings. The van der Waals surface area contributed by atoms with Gasteiger partial charge in [0.25, 0.3) is 5.91 Å². The fourth-order valence-corrected chi connectivity index (χ4v) is 3.17. The van der Waals surface area contributed by atoms with E-state index in [1.54, 1.807) is 0 Å². The monoisotopic (exact) mass is 338 g/mol. The zero-order valence-electron chi connectivity index (χ0n) is 15.0. The number of nitrogens with one attached hydrogen (secondary N) is 1. The van der Waals surface area contributed by atoms with Crippen molar-refractivity contribution < 1.29 is 4.79 Å². The van der Waals surface area contributed by atoms with Crippen LogP contribution in [0, 0.1) is 5.92 Å². The standard InChI is InChI=1S/C20H26N4O/c1-23(2)18-7-5-6-17(14-18)20(25)22-15-16-9-12-24(13-10-16)19-8-3-4-11-21-19/h3-8,11,14,16H,9-10,12-13,15H2,1-2H3,(H,22,25). The van der Waals surface area contributed by atoms with Crippen LogP contribution in [0.3, 0.4) is 0 Å². The molecule has 0 unspecified atom stereocenters. The summed E-state index contributed by atoms with van der Waals surface area (Å²) in [5.74, 6) is 1.59. The normalized spacial score (nSPS) is 15.0. The predicted octanol–water partition coefficient (Wildman–Crippen LogP) is 2.79. The molecule has 3 rings (SSSR count). The molecule has 0 bridgehead atoms. The van der Waals surface area contributed by atoms with Crippen LogP contribution in [0.5, 0.6) is 0 Å². The van der Waals surface area contributed by atoms with Crippen molar-refractivity contribution in [1.82, 2.24) is 10.3 Å². The van der Waals surface area contributed by atoms with Crippen LogP contribution >= 0.6 is 0 Å². The van der Waals surface area contributed by atoms with Crippen LogP contribution in [0.2, 0.25) is 0 Å². The van der Waals surface area contributed by atoms with E-state index in [0.717, 1.165) is 49.5 Å². The Morgan fingerprint density at radius 1 is 1.20 bits per heavy atom. The molecule has 2 heterocycles. The minimum atomic E-state index is 0.0101. The molecule has 0 spiro atoms. The van der Waals surface area contributed by atoms with E-state index < -0.39 is 0 Å². The van der Waals surface area contributed by atoms with Crippen molar-refractivity contribution in [3.63, 3.8) is 0 Å². The smallest absolute Gasteiger partial charge is 0.251 e. The molecule has 5 heteroatoms. The van der Waals surface area contributed by atoms with Crippen molar-refractivity contribution in [2.24, 2.45) is 5.92 Å². The molecule has 25 heavy (non-hydrogen) atoms. The summed E-state index contributed by atoms with van der Waals surface area (Å²) < 4.78 is 0. The van der Waals surface area contributed by atoms with Crippen LogP contribution in [-0.4, -0.2) is 44.6 Å². The van der Waals surface area contributed by atoms with E-state index >= 15 is 0 Å². The second kappa shape index (κ2) is 8.01. The highest BCUT2D eigenvalue weighted by atomic mass is 16.1. The van der Waals surface area contributed by atoms with Gasteiger partial charge in [-0.1, -0.05) is 12.1 Å². The third-order valence-corrected chi connectivity index (χ3v) is 4.76. The molecule has 1 aliphatic rings. The maximum absolute atomic E-state index is 12.4. The zero-order valence-corrected chi connectivity index (χ0v) is 15.0. The van der Waals surface area contributed by atoms with Crippen LogP contribution in [0.1, 0.15) is 23.2 Å². The van der Waals surface area contributed by atoms with E-state index in [1.807, 2.05) is 61.6 Å². The van der Waals surface area contributed by atoms with Crippen LogP contribution in [0.25, 0.3) is 0 Å². The summed E-state index contributed by atoms with van der Waals surface area (Å²) in [6.07, 6.45) is 3.99. The molecule has 0 atom stereocenters. The third-order valence-electron chi connectivity index (χ3n) is 4.76. The predicted molar refractivity (Wildman–Crippen MR) is 102 cm³/mol. The molecular formula is C20H26N4O. The summed E-state index contributed by atoms with van der Waals surface area (Å²) in [6.45, 7) is 2.72. The molecular weight excluding hydrogens is 312 g/mol. The van der Waals surface area contributed by atoms with E-state index in [-0.39, 0.29) is 5.91 Å². The van der Waals surface area contributed by atoms with Crippen molar-refractivity contribution in [2.45, 2.75) is 12.8 Å². The first-order chi connectivity index (χ1) is 12.1. The highest BCUT2D eigenvalue weighted by Gasteiger charge is 2.20. The summed E-state index contributed by atoms with van der Waals surface area (Å²) in [5, 5.41) is 3.10. The summed E-state index contributed by atoms with van der Waals surface area (Å²) in [4.78, 5) is 21.1. The van der Waals surface area contributed by atoms with Gasteiger partial charge in [0.05, 0.1) is 0 Å². The quantitative estimate of drug-likeness (QED) is 0.911. The van der Waals surface area contributed by atoms with Gasteiger partial charge in [-0.25, -0.2) is 4.98 Å². The number of piperidine rings is 1. The number of aromatic nitrogens is 1. The molecule has 5 nitrogen and oxygen atoms in total. The maximum atomic E-state index is 12.4. The second-order valence-electron chi connectivity index (χ2n) is 6.77. The number of pyridine rings is 1. The molecule has 1 N–H and O–H groups in total. The van der Waals surface area contributed by atoms with Gasteiger partial charge in [0.15, 0.2) is 0 Å². The Hall–Kier alpha value is -2.56. The number of rotatable bonds is 5. The van der Waals surface area contributed by atoms with Gasteiger partial charge in [-0.3, -0.25) is 4.79 Å². The van der Waals surface area contributed by atoms with Crippen molar-refractivity contribution >= 4 is 17.4 Å². The SMILES string of the molecule is CN(C)c1cccc(C(=O)NCC2CCN(c3ccccn3)CC2)c1. The first-order valence-electron chi connectivity index (χ1n) is 8.85. The van der Waals surface area contributed by atoms with E-state index in [1.165, 1.54) is 0 Å². The Morgan fingerprint density at radius 2 is 2.00 bits per heavy atom. The summed E-state index contributed by atoms with van der Waals surface area (Å²) in [6, 6.07) is 13.7. The first-order valence-corrected chi connectivity index (χ1v) is 8.85. The minimum Gasteiger partial charge on any atom is -0.378 e. The van der Waals surface area contributed by atoms with Gasteiger partial charge in [-0.2, -0.15) is 0 Å². The average Bonchev–Trinajstić information content (AvgIpc) is 2.67. The number of carbonyl (C=O) groups excluding carboxylic acids is 1. The van der Waals surface area contributed by atoms with Gasteiger partial charge in [-0.05, 0) is 49.1 Å². The Kier molecular flexibility index (Phi) is 5.53. The second-order valence-corrected chi connectivity index (χ2v) is 6.77. The molecule has 1 fully saturated rings. The van der Waals surface area contributed by atoms with Gasteiger partial charge in [0, 0.05) is 51.2 Å². The highest BCUT2D eigenvalue weighted by Crippen LogP contribution is 2.21. The van der Waals surface area contributed by atoms with Gasteiger partial charge < -0.3 is 15.1 Å². The Labute approximate surface area is 149 Å².